The van der Waals surface area contributed by atoms with Crippen molar-refractivity contribution in [3.63, 3.8) is 0 Å². The predicted octanol–water partition coefficient (Wildman–Crippen LogP) is 6.40. The SMILES string of the molecule is C=CCCC(C)Cc1ccc(-c2ccc(C#CCC)cc2)c(F)c1. The van der Waals surface area contributed by atoms with Crippen LogP contribution in [-0.4, -0.2) is 0 Å². The predicted molar refractivity (Wildman–Crippen MR) is 101 cm³/mol. The number of benzene rings is 2. The van der Waals surface area contributed by atoms with E-state index in [9.17, 15) is 4.39 Å². The van der Waals surface area contributed by atoms with Gasteiger partial charge in [-0.1, -0.05) is 56.0 Å². The molecule has 0 aromatic heterocycles. The Labute approximate surface area is 145 Å². The Morgan fingerprint density at radius 2 is 1.92 bits per heavy atom. The minimum absolute atomic E-state index is 0.157. The van der Waals surface area contributed by atoms with E-state index in [0.29, 0.717) is 11.5 Å². The Kier molecular flexibility index (Phi) is 6.82. The molecule has 0 N–H and O–H groups in total. The molecule has 0 radical (unpaired) electrons. The Morgan fingerprint density at radius 3 is 2.54 bits per heavy atom. The highest BCUT2D eigenvalue weighted by Gasteiger charge is 2.08. The quantitative estimate of drug-likeness (QED) is 0.427. The van der Waals surface area contributed by atoms with Gasteiger partial charge in [0, 0.05) is 17.5 Å². The highest BCUT2D eigenvalue weighted by molar-refractivity contribution is 5.65. The molecule has 0 aliphatic carbocycles. The lowest BCUT2D eigenvalue weighted by atomic mass is 9.94. The number of hydrogen-bond donors (Lipinski definition) is 0. The zero-order chi connectivity index (χ0) is 17.4. The van der Waals surface area contributed by atoms with E-state index in [2.05, 4.69) is 25.3 Å². The summed E-state index contributed by atoms with van der Waals surface area (Å²) < 4.78 is 14.5. The molecule has 0 bridgehead atoms. The van der Waals surface area contributed by atoms with Gasteiger partial charge in [0.2, 0.25) is 0 Å². The summed E-state index contributed by atoms with van der Waals surface area (Å²) in [4.78, 5) is 0. The van der Waals surface area contributed by atoms with Crippen LogP contribution in [0.2, 0.25) is 0 Å². The second-order valence-corrected chi connectivity index (χ2v) is 6.22. The highest BCUT2D eigenvalue weighted by Crippen LogP contribution is 2.25. The van der Waals surface area contributed by atoms with Gasteiger partial charge < -0.3 is 0 Å². The van der Waals surface area contributed by atoms with Crippen molar-refractivity contribution in [2.24, 2.45) is 5.92 Å². The monoisotopic (exact) mass is 320 g/mol. The number of halogens is 1. The van der Waals surface area contributed by atoms with Crippen LogP contribution < -0.4 is 0 Å². The van der Waals surface area contributed by atoms with Crippen molar-refractivity contribution in [3.05, 3.63) is 72.1 Å². The minimum Gasteiger partial charge on any atom is -0.206 e. The molecular weight excluding hydrogens is 295 g/mol. The second-order valence-electron chi connectivity index (χ2n) is 6.22. The molecule has 24 heavy (non-hydrogen) atoms. The maximum Gasteiger partial charge on any atom is 0.131 e. The number of hydrogen-bond acceptors (Lipinski definition) is 0. The van der Waals surface area contributed by atoms with Crippen molar-refractivity contribution in [2.75, 3.05) is 0 Å². The number of allylic oxidation sites excluding steroid dienone is 1. The van der Waals surface area contributed by atoms with Crippen LogP contribution >= 0.6 is 0 Å². The van der Waals surface area contributed by atoms with Crippen molar-refractivity contribution in [2.45, 2.75) is 39.5 Å². The summed E-state index contributed by atoms with van der Waals surface area (Å²) in [5.74, 6) is 6.50. The molecule has 0 spiro atoms. The lowest BCUT2D eigenvalue weighted by Crippen LogP contribution is -2.00. The van der Waals surface area contributed by atoms with Crippen LogP contribution in [0.15, 0.2) is 55.1 Å². The molecule has 1 heteroatoms. The van der Waals surface area contributed by atoms with E-state index in [1.807, 2.05) is 49.4 Å². The van der Waals surface area contributed by atoms with Gasteiger partial charge in [0.15, 0.2) is 0 Å². The normalized spacial score (nSPS) is 11.5. The molecule has 0 nitrogen and oxygen atoms in total. The molecule has 0 saturated carbocycles. The average Bonchev–Trinajstić information content (AvgIpc) is 2.59. The third-order valence-corrected chi connectivity index (χ3v) is 4.09. The molecule has 0 fully saturated rings. The first-order valence-electron chi connectivity index (χ1n) is 8.62. The van der Waals surface area contributed by atoms with Gasteiger partial charge in [-0.15, -0.1) is 6.58 Å². The van der Waals surface area contributed by atoms with E-state index in [4.69, 9.17) is 0 Å². The highest BCUT2D eigenvalue weighted by atomic mass is 19.1. The fourth-order valence-electron chi connectivity index (χ4n) is 2.75. The largest absolute Gasteiger partial charge is 0.206 e. The Balaban J connectivity index is 2.13. The zero-order valence-corrected chi connectivity index (χ0v) is 14.6. The van der Waals surface area contributed by atoms with Gasteiger partial charge in [-0.05, 0) is 54.5 Å². The Hall–Kier alpha value is -2.33. The molecular formula is C23H25F. The average molecular weight is 320 g/mol. The van der Waals surface area contributed by atoms with Crippen LogP contribution in [0.5, 0.6) is 0 Å². The second kappa shape index (κ2) is 9.08. The molecule has 0 aliphatic rings. The maximum atomic E-state index is 14.5. The van der Waals surface area contributed by atoms with Gasteiger partial charge in [0.1, 0.15) is 5.82 Å². The Bertz CT molecular complexity index is 729. The summed E-state index contributed by atoms with van der Waals surface area (Å²) in [5, 5.41) is 0. The smallest absolute Gasteiger partial charge is 0.131 e. The molecule has 2 aromatic rings. The zero-order valence-electron chi connectivity index (χ0n) is 14.6. The van der Waals surface area contributed by atoms with Gasteiger partial charge >= 0.3 is 0 Å². The van der Waals surface area contributed by atoms with E-state index >= 15 is 0 Å². The molecule has 1 atom stereocenters. The lowest BCUT2D eigenvalue weighted by Gasteiger charge is -2.11. The van der Waals surface area contributed by atoms with E-state index < -0.39 is 0 Å². The minimum atomic E-state index is -0.157. The topological polar surface area (TPSA) is 0 Å². The van der Waals surface area contributed by atoms with Crippen LogP contribution in [0, 0.1) is 23.6 Å². The summed E-state index contributed by atoms with van der Waals surface area (Å²) in [6.45, 7) is 7.98. The van der Waals surface area contributed by atoms with Gasteiger partial charge in [-0.3, -0.25) is 0 Å². The van der Waals surface area contributed by atoms with Crippen molar-refractivity contribution >= 4 is 0 Å². The first-order chi connectivity index (χ1) is 11.6. The van der Waals surface area contributed by atoms with Crippen LogP contribution in [0.1, 0.15) is 44.2 Å². The van der Waals surface area contributed by atoms with Crippen LogP contribution in [0.4, 0.5) is 4.39 Å². The van der Waals surface area contributed by atoms with Gasteiger partial charge in [0.25, 0.3) is 0 Å². The first-order valence-corrected chi connectivity index (χ1v) is 8.62. The van der Waals surface area contributed by atoms with Crippen LogP contribution in [0.25, 0.3) is 11.1 Å². The molecule has 0 heterocycles. The maximum absolute atomic E-state index is 14.5. The van der Waals surface area contributed by atoms with Crippen LogP contribution in [0.3, 0.4) is 0 Å². The lowest BCUT2D eigenvalue weighted by molar-refractivity contribution is 0.533. The fraction of sp³-hybridized carbons (Fsp3) is 0.304. The van der Waals surface area contributed by atoms with E-state index in [1.54, 1.807) is 6.07 Å². The summed E-state index contributed by atoms with van der Waals surface area (Å²) in [6, 6.07) is 13.4. The fourth-order valence-corrected chi connectivity index (χ4v) is 2.75. The van der Waals surface area contributed by atoms with Gasteiger partial charge in [-0.2, -0.15) is 0 Å². The van der Waals surface area contributed by atoms with Crippen molar-refractivity contribution < 1.29 is 4.39 Å². The van der Waals surface area contributed by atoms with E-state index in [0.717, 1.165) is 42.4 Å². The number of rotatable bonds is 6. The molecule has 1 unspecified atom stereocenters. The molecule has 0 saturated heterocycles. The summed E-state index contributed by atoms with van der Waals surface area (Å²) in [5.41, 5.74) is 3.56. The standard InChI is InChI=1S/C23H25F/c1-4-6-8-18(3)16-20-12-15-22(23(24)17-20)21-13-10-19(11-14-21)9-7-5-2/h4,10-15,17-18H,1,5-6,8,16H2,2-3H3. The third-order valence-electron chi connectivity index (χ3n) is 4.09. The summed E-state index contributed by atoms with van der Waals surface area (Å²) >= 11 is 0. The molecule has 2 aromatic carbocycles. The van der Waals surface area contributed by atoms with E-state index in [-0.39, 0.29) is 5.82 Å². The molecule has 0 amide bonds. The molecule has 0 aliphatic heterocycles. The van der Waals surface area contributed by atoms with Crippen molar-refractivity contribution in [1.29, 1.82) is 0 Å². The molecule has 124 valence electrons. The summed E-state index contributed by atoms with van der Waals surface area (Å²) in [7, 11) is 0. The first kappa shape index (κ1) is 18.0. The summed E-state index contributed by atoms with van der Waals surface area (Å²) in [6.07, 6.45) is 5.77. The van der Waals surface area contributed by atoms with E-state index in [1.165, 1.54) is 0 Å². The van der Waals surface area contributed by atoms with Crippen molar-refractivity contribution in [1.82, 2.24) is 0 Å². The van der Waals surface area contributed by atoms with Gasteiger partial charge in [-0.25, -0.2) is 4.39 Å². The Morgan fingerprint density at radius 1 is 1.17 bits per heavy atom. The van der Waals surface area contributed by atoms with Crippen molar-refractivity contribution in [3.8, 4) is 23.0 Å². The molecule has 2 rings (SSSR count). The third kappa shape index (κ3) is 5.10. The van der Waals surface area contributed by atoms with Gasteiger partial charge in [0.05, 0.1) is 0 Å². The van der Waals surface area contributed by atoms with Crippen LogP contribution in [-0.2, 0) is 6.42 Å².